The minimum Gasteiger partial charge on any atom is -0.465 e. The van der Waals surface area contributed by atoms with Crippen molar-refractivity contribution in [1.29, 1.82) is 0 Å². The van der Waals surface area contributed by atoms with Crippen LogP contribution in [-0.2, 0) is 4.74 Å². The van der Waals surface area contributed by atoms with Gasteiger partial charge < -0.3 is 4.74 Å². The highest BCUT2D eigenvalue weighted by Crippen LogP contribution is 2.30. The molecule has 0 radical (unpaired) electrons. The average Bonchev–Trinajstić information content (AvgIpc) is 2.90. The van der Waals surface area contributed by atoms with Crippen LogP contribution in [0.2, 0.25) is 0 Å². The summed E-state index contributed by atoms with van der Waals surface area (Å²) in [6.45, 7) is 4.05. The van der Waals surface area contributed by atoms with Crippen LogP contribution in [0.25, 0.3) is 21.5 Å². The highest BCUT2D eigenvalue weighted by Gasteiger charge is 2.18. The van der Waals surface area contributed by atoms with Gasteiger partial charge in [-0.05, 0) is 18.9 Å². The summed E-state index contributed by atoms with van der Waals surface area (Å²) in [4.78, 5) is 18.7. The van der Waals surface area contributed by atoms with E-state index in [9.17, 15) is 4.79 Å². The summed E-state index contributed by atoms with van der Waals surface area (Å²) in [6, 6.07) is 0.155. The van der Waals surface area contributed by atoms with E-state index in [4.69, 9.17) is 5.53 Å². The van der Waals surface area contributed by atoms with Crippen molar-refractivity contribution in [3.63, 3.8) is 0 Å². The molecule has 0 aliphatic heterocycles. The van der Waals surface area contributed by atoms with Gasteiger partial charge in [0.25, 0.3) is 0 Å². The SMILES string of the molecule is CCC(C)n1ncc2c(N=[N+]=[N-])c(C(=O)OC)cnc21. The number of carbonyl (C=O) groups excluding carboxylic acids is 1. The monoisotopic (exact) mass is 274 g/mol. The molecule has 0 N–H and O–H groups in total. The van der Waals surface area contributed by atoms with E-state index in [1.54, 1.807) is 10.9 Å². The van der Waals surface area contributed by atoms with Crippen molar-refractivity contribution in [3.8, 4) is 0 Å². The van der Waals surface area contributed by atoms with Gasteiger partial charge in [0, 0.05) is 16.5 Å². The van der Waals surface area contributed by atoms with E-state index >= 15 is 0 Å². The van der Waals surface area contributed by atoms with E-state index in [1.807, 2.05) is 13.8 Å². The van der Waals surface area contributed by atoms with Crippen LogP contribution in [0.1, 0.15) is 36.7 Å². The second-order valence-electron chi connectivity index (χ2n) is 4.29. The third-order valence-corrected chi connectivity index (χ3v) is 3.15. The lowest BCUT2D eigenvalue weighted by Crippen LogP contribution is -2.07. The predicted octanol–water partition coefficient (Wildman–Crippen LogP) is 3.13. The maximum absolute atomic E-state index is 11.7. The van der Waals surface area contributed by atoms with E-state index in [1.165, 1.54) is 13.3 Å². The molecule has 0 saturated carbocycles. The lowest BCUT2D eigenvalue weighted by atomic mass is 10.2. The molecule has 1 unspecified atom stereocenters. The Bertz CT molecular complexity index is 701. The summed E-state index contributed by atoms with van der Waals surface area (Å²) < 4.78 is 6.40. The van der Waals surface area contributed by atoms with Crippen molar-refractivity contribution in [1.82, 2.24) is 14.8 Å². The molecule has 0 amide bonds. The molecule has 20 heavy (non-hydrogen) atoms. The Kier molecular flexibility index (Phi) is 3.86. The molecule has 0 aromatic carbocycles. The number of azide groups is 1. The molecule has 0 aliphatic carbocycles. The molecule has 0 fully saturated rings. The molecule has 104 valence electrons. The molecule has 2 aromatic heterocycles. The molecule has 2 rings (SSSR count). The molecule has 2 heterocycles. The normalized spacial score (nSPS) is 11.9. The van der Waals surface area contributed by atoms with Gasteiger partial charge in [-0.15, -0.1) is 0 Å². The van der Waals surface area contributed by atoms with Crippen molar-refractivity contribution in [3.05, 3.63) is 28.4 Å². The van der Waals surface area contributed by atoms with Gasteiger partial charge in [0.2, 0.25) is 0 Å². The number of esters is 1. The molecule has 2 aromatic rings. The Balaban J connectivity index is 2.73. The van der Waals surface area contributed by atoms with Crippen LogP contribution in [-0.4, -0.2) is 27.8 Å². The topological polar surface area (TPSA) is 106 Å². The summed E-state index contributed by atoms with van der Waals surface area (Å²) in [5, 5.41) is 8.38. The number of hydrogen-bond donors (Lipinski definition) is 0. The van der Waals surface area contributed by atoms with Crippen molar-refractivity contribution in [2.45, 2.75) is 26.3 Å². The molecular formula is C12H14N6O2. The number of ether oxygens (including phenoxy) is 1. The molecule has 8 heteroatoms. The first-order valence-electron chi connectivity index (χ1n) is 6.13. The van der Waals surface area contributed by atoms with Crippen LogP contribution in [0.3, 0.4) is 0 Å². The minimum absolute atomic E-state index is 0.126. The summed E-state index contributed by atoms with van der Waals surface area (Å²) in [6.07, 6.45) is 3.78. The van der Waals surface area contributed by atoms with E-state index in [0.717, 1.165) is 6.42 Å². The number of carbonyl (C=O) groups is 1. The number of methoxy groups -OCH3 is 1. The second kappa shape index (κ2) is 5.58. The first-order chi connectivity index (χ1) is 9.63. The van der Waals surface area contributed by atoms with E-state index in [-0.39, 0.29) is 17.3 Å². The van der Waals surface area contributed by atoms with Crippen LogP contribution in [0.5, 0.6) is 0 Å². The predicted molar refractivity (Wildman–Crippen MR) is 72.7 cm³/mol. The molecule has 0 bridgehead atoms. The van der Waals surface area contributed by atoms with Crippen molar-refractivity contribution in [2.75, 3.05) is 7.11 Å². The van der Waals surface area contributed by atoms with Crippen LogP contribution in [0, 0.1) is 0 Å². The molecule has 0 spiro atoms. The van der Waals surface area contributed by atoms with Gasteiger partial charge in [0.1, 0.15) is 0 Å². The Morgan fingerprint density at radius 1 is 1.60 bits per heavy atom. The first-order valence-corrected chi connectivity index (χ1v) is 6.13. The quantitative estimate of drug-likeness (QED) is 0.369. The van der Waals surface area contributed by atoms with Gasteiger partial charge in [-0.3, -0.25) is 0 Å². The van der Waals surface area contributed by atoms with Gasteiger partial charge >= 0.3 is 5.97 Å². The fraction of sp³-hybridized carbons (Fsp3) is 0.417. The molecule has 1 atom stereocenters. The van der Waals surface area contributed by atoms with Crippen LogP contribution >= 0.6 is 0 Å². The molecule has 8 nitrogen and oxygen atoms in total. The average molecular weight is 274 g/mol. The van der Waals surface area contributed by atoms with Crippen LogP contribution in [0.4, 0.5) is 5.69 Å². The second-order valence-corrected chi connectivity index (χ2v) is 4.29. The van der Waals surface area contributed by atoms with E-state index in [2.05, 4.69) is 24.8 Å². The zero-order valence-corrected chi connectivity index (χ0v) is 11.4. The highest BCUT2D eigenvalue weighted by atomic mass is 16.5. The third-order valence-electron chi connectivity index (χ3n) is 3.15. The zero-order valence-electron chi connectivity index (χ0n) is 11.4. The minimum atomic E-state index is -0.599. The molecular weight excluding hydrogens is 260 g/mol. The fourth-order valence-corrected chi connectivity index (χ4v) is 1.89. The number of aromatic nitrogens is 3. The van der Waals surface area contributed by atoms with Gasteiger partial charge in [0.15, 0.2) is 5.65 Å². The van der Waals surface area contributed by atoms with Crippen LogP contribution < -0.4 is 0 Å². The smallest absolute Gasteiger partial charge is 0.339 e. The van der Waals surface area contributed by atoms with Gasteiger partial charge in [0.05, 0.1) is 30.6 Å². The largest absolute Gasteiger partial charge is 0.465 e. The summed E-state index contributed by atoms with van der Waals surface area (Å²) in [7, 11) is 1.26. The molecule has 0 saturated heterocycles. The maximum atomic E-state index is 11.7. The Labute approximate surface area is 115 Å². The number of hydrogen-bond acceptors (Lipinski definition) is 5. The Morgan fingerprint density at radius 3 is 2.95 bits per heavy atom. The highest BCUT2D eigenvalue weighted by molar-refractivity contribution is 6.02. The zero-order chi connectivity index (χ0) is 14.7. The summed E-state index contributed by atoms with van der Waals surface area (Å²) in [5.74, 6) is -0.599. The molecule has 0 aliphatic rings. The fourth-order valence-electron chi connectivity index (χ4n) is 1.89. The lowest BCUT2D eigenvalue weighted by molar-refractivity contribution is 0.0601. The van der Waals surface area contributed by atoms with E-state index < -0.39 is 5.97 Å². The summed E-state index contributed by atoms with van der Waals surface area (Å²) >= 11 is 0. The maximum Gasteiger partial charge on any atom is 0.339 e. The number of nitrogens with zero attached hydrogens (tertiary/aromatic N) is 6. The van der Waals surface area contributed by atoms with Crippen molar-refractivity contribution >= 4 is 22.7 Å². The van der Waals surface area contributed by atoms with Crippen molar-refractivity contribution in [2.24, 2.45) is 5.11 Å². The van der Waals surface area contributed by atoms with E-state index in [0.29, 0.717) is 11.0 Å². The Hall–Kier alpha value is -2.60. The number of rotatable bonds is 4. The third kappa shape index (κ3) is 2.17. The first kappa shape index (κ1) is 13.8. The van der Waals surface area contributed by atoms with Gasteiger partial charge in [-0.2, -0.15) is 5.10 Å². The number of fused-ring (bicyclic) bond motifs is 1. The van der Waals surface area contributed by atoms with Gasteiger partial charge in [-0.1, -0.05) is 12.0 Å². The van der Waals surface area contributed by atoms with Crippen LogP contribution in [0.15, 0.2) is 17.5 Å². The summed E-state index contributed by atoms with van der Waals surface area (Å²) in [5.41, 5.74) is 9.58. The number of pyridine rings is 1. The standard InChI is InChI=1S/C12H14N6O2/c1-4-7(2)18-11-8(6-15-18)10(16-17-13)9(5-14-11)12(19)20-3/h5-7H,4H2,1-3H3. The lowest BCUT2D eigenvalue weighted by Gasteiger charge is -2.10. The van der Waals surface area contributed by atoms with Gasteiger partial charge in [-0.25, -0.2) is 14.5 Å². The Morgan fingerprint density at radius 2 is 2.35 bits per heavy atom. The van der Waals surface area contributed by atoms with Crippen molar-refractivity contribution < 1.29 is 9.53 Å².